The fraction of sp³-hybridized carbons (Fsp3) is 0. The Hall–Kier alpha value is -12.8. The maximum absolute atomic E-state index is 2.37. The van der Waals surface area contributed by atoms with Gasteiger partial charge in [0.1, 0.15) is 22.7 Å². The van der Waals surface area contributed by atoms with Crippen molar-refractivity contribution in [3.8, 4) is 77.9 Å². The largest absolute Gasteiger partial charge is 0.194 e. The van der Waals surface area contributed by atoms with Crippen LogP contribution in [0.25, 0.3) is 164 Å². The minimum atomic E-state index is 0.312. The summed E-state index contributed by atoms with van der Waals surface area (Å²) in [7, 11) is 0. The van der Waals surface area contributed by atoms with Gasteiger partial charge < -0.3 is 0 Å². The summed E-state index contributed by atoms with van der Waals surface area (Å²) in [5.41, 5.74) is 21.2. The van der Waals surface area contributed by atoms with Crippen molar-refractivity contribution < 1.29 is 0 Å². The van der Waals surface area contributed by atoms with Gasteiger partial charge in [0.05, 0.1) is 0 Å². The van der Waals surface area contributed by atoms with Gasteiger partial charge in [-0.2, -0.15) is 4.48 Å². The van der Waals surface area contributed by atoms with E-state index in [4.69, 9.17) is 0 Å². The first-order chi connectivity index (χ1) is 49.1. The lowest BCUT2D eigenvalue weighted by molar-refractivity contribution is 0.704. The van der Waals surface area contributed by atoms with Crippen molar-refractivity contribution in [2.45, 2.75) is 0 Å². The Bertz CT molecular complexity index is 5670. The minimum Gasteiger partial charge on any atom is -0.194 e. The van der Waals surface area contributed by atoms with Crippen LogP contribution in [-0.4, -0.2) is 0 Å². The Kier molecular flexibility index (Phi) is 13.9. The zero-order valence-electron chi connectivity index (χ0n) is 54.4. The smallest absolute Gasteiger partial charge is 0.148 e. The van der Waals surface area contributed by atoms with E-state index in [-0.39, 0.29) is 0 Å². The molecule has 0 saturated heterocycles. The summed E-state index contributed by atoms with van der Waals surface area (Å²) in [6, 6.07) is 145. The van der Waals surface area contributed by atoms with Gasteiger partial charge in [0.25, 0.3) is 0 Å². The quantitative estimate of drug-likeness (QED) is 0.0688. The summed E-state index contributed by atoms with van der Waals surface area (Å²) < 4.78 is 0.312. The molecule has 0 unspecified atom stereocenters. The van der Waals surface area contributed by atoms with Crippen molar-refractivity contribution in [2.24, 2.45) is 0 Å². The van der Waals surface area contributed by atoms with E-state index in [2.05, 4.69) is 388 Å². The van der Waals surface area contributed by atoms with Crippen molar-refractivity contribution >= 4 is 109 Å². The highest BCUT2D eigenvalue weighted by Gasteiger charge is 2.40. The van der Waals surface area contributed by atoms with Gasteiger partial charge in [-0.25, -0.2) is 0 Å². The molecule has 0 radical (unpaired) electrons. The van der Waals surface area contributed by atoms with Crippen LogP contribution in [0, 0.1) is 0 Å². The van der Waals surface area contributed by atoms with Gasteiger partial charge in [-0.3, -0.25) is 0 Å². The number of benzene rings is 19. The van der Waals surface area contributed by atoms with Crippen molar-refractivity contribution in [3.63, 3.8) is 0 Å². The van der Waals surface area contributed by atoms with Gasteiger partial charge in [-0.05, 0) is 237 Å². The highest BCUT2D eigenvalue weighted by atomic mass is 15.4. The average Bonchev–Trinajstić information content (AvgIpc) is 0.736. The first kappa shape index (κ1) is 57.6. The third kappa shape index (κ3) is 9.81. The molecule has 19 aromatic carbocycles. The van der Waals surface area contributed by atoms with Crippen LogP contribution in [0.1, 0.15) is 0 Å². The van der Waals surface area contributed by atoms with E-state index in [9.17, 15) is 0 Å². The Morgan fingerprint density at radius 1 is 0.131 bits per heavy atom. The van der Waals surface area contributed by atoms with E-state index in [0.29, 0.717) is 4.48 Å². The molecule has 19 rings (SSSR count). The lowest BCUT2D eigenvalue weighted by Gasteiger charge is -2.37. The summed E-state index contributed by atoms with van der Waals surface area (Å²) >= 11 is 0. The van der Waals surface area contributed by atoms with Crippen molar-refractivity contribution in [3.05, 3.63) is 388 Å². The minimum absolute atomic E-state index is 0.312. The maximum atomic E-state index is 2.37. The Labute approximate surface area is 575 Å². The van der Waals surface area contributed by atoms with Gasteiger partial charge in [0.2, 0.25) is 0 Å². The third-order valence-electron chi connectivity index (χ3n) is 20.9. The second-order valence-electron chi connectivity index (χ2n) is 26.4. The molecule has 0 aromatic heterocycles. The molecule has 0 atom stereocenters. The molecule has 99 heavy (non-hydrogen) atoms. The van der Waals surface area contributed by atoms with Crippen LogP contribution in [0.3, 0.4) is 0 Å². The lowest BCUT2D eigenvalue weighted by atomic mass is 9.91. The van der Waals surface area contributed by atoms with Gasteiger partial charge in [0.15, 0.2) is 0 Å². The topological polar surface area (TPSA) is 0 Å². The lowest BCUT2D eigenvalue weighted by Crippen LogP contribution is -2.33. The van der Waals surface area contributed by atoms with E-state index in [0.717, 1.165) is 56.1 Å². The molecule has 0 heterocycles. The molecule has 0 fully saturated rings. The number of hydrogen-bond donors (Lipinski definition) is 0. The van der Waals surface area contributed by atoms with Gasteiger partial charge in [0, 0.05) is 48.5 Å². The fourth-order valence-corrected chi connectivity index (χ4v) is 16.1. The van der Waals surface area contributed by atoms with Gasteiger partial charge in [-0.1, -0.05) is 267 Å². The average molecular weight is 1260 g/mol. The van der Waals surface area contributed by atoms with E-state index in [1.54, 1.807) is 0 Å². The second kappa shape index (κ2) is 23.8. The molecule has 0 N–H and O–H groups in total. The van der Waals surface area contributed by atoms with Crippen LogP contribution in [-0.2, 0) is 0 Å². The highest BCUT2D eigenvalue weighted by molar-refractivity contribution is 6.17. The number of nitrogens with zero attached hydrogens (tertiary/aromatic N) is 1. The number of quaternary nitrogens is 1. The van der Waals surface area contributed by atoms with E-state index in [1.165, 1.54) is 131 Å². The van der Waals surface area contributed by atoms with Crippen molar-refractivity contribution in [2.75, 3.05) is 0 Å². The van der Waals surface area contributed by atoms with Crippen LogP contribution in [0.2, 0.25) is 0 Å². The number of rotatable bonds is 11. The van der Waals surface area contributed by atoms with Crippen LogP contribution in [0.4, 0.5) is 22.7 Å². The predicted molar refractivity (Wildman–Crippen MR) is 425 cm³/mol. The summed E-state index contributed by atoms with van der Waals surface area (Å²) in [4.78, 5) is 0. The summed E-state index contributed by atoms with van der Waals surface area (Å²) in [5.74, 6) is 0. The molecule has 0 aliphatic rings. The molecule has 1 nitrogen and oxygen atoms in total. The number of hydrogen-bond acceptors (Lipinski definition) is 0. The van der Waals surface area contributed by atoms with Crippen molar-refractivity contribution in [1.29, 1.82) is 0 Å². The van der Waals surface area contributed by atoms with Crippen molar-refractivity contribution in [1.82, 2.24) is 4.48 Å². The monoisotopic (exact) mass is 1250 g/mol. The first-order valence-electron chi connectivity index (χ1n) is 34.3. The predicted octanol–water partition coefficient (Wildman–Crippen LogP) is 27.9. The fourth-order valence-electron chi connectivity index (χ4n) is 16.1. The molecule has 0 saturated carbocycles. The summed E-state index contributed by atoms with van der Waals surface area (Å²) in [5, 5.41) is 20.0. The summed E-state index contributed by atoms with van der Waals surface area (Å²) in [6.07, 6.45) is 0. The molecule has 1 heteroatoms. The highest BCUT2D eigenvalue weighted by Crippen LogP contribution is 2.54. The van der Waals surface area contributed by atoms with Crippen LogP contribution in [0.15, 0.2) is 388 Å². The van der Waals surface area contributed by atoms with E-state index in [1.807, 2.05) is 0 Å². The molecule has 19 aromatic rings. The second-order valence-corrected chi connectivity index (χ2v) is 26.4. The number of fused-ring (bicyclic) bond motifs is 9. The van der Waals surface area contributed by atoms with Crippen LogP contribution >= 0.6 is 0 Å². The Balaban J connectivity index is 0.763. The third-order valence-corrected chi connectivity index (χ3v) is 20.9. The van der Waals surface area contributed by atoms with Crippen LogP contribution in [0.5, 0.6) is 0 Å². The maximum Gasteiger partial charge on any atom is 0.148 e. The van der Waals surface area contributed by atoms with Crippen LogP contribution < -0.4 is 4.48 Å². The molecular weight excluding hydrogens is 1190 g/mol. The normalized spacial score (nSPS) is 11.8. The van der Waals surface area contributed by atoms with E-state index >= 15 is 0 Å². The van der Waals surface area contributed by atoms with Gasteiger partial charge in [-0.15, -0.1) is 0 Å². The Morgan fingerprint density at radius 3 is 0.596 bits per heavy atom. The Morgan fingerprint density at radius 2 is 0.323 bits per heavy atom. The zero-order chi connectivity index (χ0) is 65.4. The van der Waals surface area contributed by atoms with E-state index < -0.39 is 0 Å². The molecule has 460 valence electrons. The first-order valence-corrected chi connectivity index (χ1v) is 34.3. The molecule has 0 bridgehead atoms. The van der Waals surface area contributed by atoms with Gasteiger partial charge >= 0.3 is 0 Å². The molecule has 0 spiro atoms. The molecule has 0 aliphatic heterocycles. The zero-order valence-corrected chi connectivity index (χ0v) is 54.4. The standard InChI is InChI=1S/C98H64N/c1-8-24-86-81(23-1)64-95(94-32-16-15-31-93(86)94)71-51-59-85(60-52-71)99(82-53-45-68(46-54-82)65-33-39-72(40-34-65)96-87-25-9-2-17-75(87)61-76-18-3-10-26-88(76)96,83-55-47-69(48-56-83)66-35-41-73(42-36-66)97-89-27-11-4-19-77(89)62-78-20-5-12-28-90(78)97)84-57-49-70(50-58-84)67-37-43-74(44-38-67)98-91-29-13-6-21-79(91)63-80-22-7-14-30-92(80)98/h1-64H/q+1. The molecular formula is C98H64N+. The molecule has 0 aliphatic carbocycles. The molecule has 0 amide bonds. The SMILES string of the molecule is c1ccc2c(-c3ccc(-c4ccc([N+](c5ccc(-c6ccc(-c7c8ccccc8cc8ccccc78)cc6)cc5)(c5ccc(-c6ccc(-c7c8ccccc8cc8ccccc78)cc6)cc5)c5ccc(-c6cc7ccccc7c7ccccc67)cc5)cc4)cc3)c3ccccc3cc2c1. The summed E-state index contributed by atoms with van der Waals surface area (Å²) in [6.45, 7) is 0.